The molecule has 5 aromatic rings. The predicted molar refractivity (Wildman–Crippen MR) is 166 cm³/mol. The van der Waals surface area contributed by atoms with Crippen LogP contribution in [-0.4, -0.2) is 47.0 Å². The molecule has 0 radical (unpaired) electrons. The van der Waals surface area contributed by atoms with Crippen molar-refractivity contribution in [1.82, 2.24) is 10.3 Å². The van der Waals surface area contributed by atoms with E-state index in [1.54, 1.807) is 12.1 Å². The Morgan fingerprint density at radius 2 is 1.73 bits per heavy atom. The number of carboxylic acids is 1. The lowest BCUT2D eigenvalue weighted by molar-refractivity contribution is 0.0696. The summed E-state index contributed by atoms with van der Waals surface area (Å²) in [6.45, 7) is 3.59. The van der Waals surface area contributed by atoms with Gasteiger partial charge in [-0.25, -0.2) is 4.79 Å². The number of rotatable bonds is 12. The third-order valence-electron chi connectivity index (χ3n) is 6.71. The number of carboxylic acid groups (broad SMARTS) is 1. The van der Waals surface area contributed by atoms with Crippen LogP contribution in [0.4, 0.5) is 0 Å². The Kier molecular flexibility index (Phi) is 8.88. The molecular formula is C32H31IN2O5. The first kappa shape index (κ1) is 27.9. The van der Waals surface area contributed by atoms with Crippen LogP contribution in [-0.2, 0) is 6.42 Å². The lowest BCUT2D eigenvalue weighted by Gasteiger charge is -2.17. The van der Waals surface area contributed by atoms with Crippen LogP contribution < -0.4 is 14.8 Å². The van der Waals surface area contributed by atoms with Crippen LogP contribution >= 0.6 is 22.6 Å². The van der Waals surface area contributed by atoms with E-state index in [2.05, 4.69) is 45.9 Å². The maximum Gasteiger partial charge on any atom is 0.335 e. The number of aromatic nitrogens is 1. The Bertz CT molecular complexity index is 1620. The van der Waals surface area contributed by atoms with Gasteiger partial charge in [0.1, 0.15) is 30.0 Å². The highest BCUT2D eigenvalue weighted by atomic mass is 127. The summed E-state index contributed by atoms with van der Waals surface area (Å²) in [5.41, 5.74) is 3.50. The molecule has 8 heteroatoms. The second-order valence-corrected chi connectivity index (χ2v) is 11.1. The van der Waals surface area contributed by atoms with Crippen LogP contribution in [0.15, 0.2) is 84.9 Å². The minimum atomic E-state index is -0.959. The molecule has 0 spiro atoms. The van der Waals surface area contributed by atoms with Gasteiger partial charge in [-0.3, -0.25) is 0 Å². The maximum atomic E-state index is 11.1. The molecule has 206 valence electrons. The van der Waals surface area contributed by atoms with Gasteiger partial charge in [0.2, 0.25) is 0 Å². The van der Waals surface area contributed by atoms with Gasteiger partial charge in [0.25, 0.3) is 0 Å². The van der Waals surface area contributed by atoms with Gasteiger partial charge in [-0.2, -0.15) is 0 Å². The third-order valence-corrected chi connectivity index (χ3v) is 7.55. The van der Waals surface area contributed by atoms with Gasteiger partial charge in [0.15, 0.2) is 0 Å². The molecule has 0 bridgehead atoms. The van der Waals surface area contributed by atoms with Crippen LogP contribution in [0.25, 0.3) is 21.8 Å². The van der Waals surface area contributed by atoms with Crippen LogP contribution in [0.5, 0.6) is 17.2 Å². The second kappa shape index (κ2) is 12.7. The van der Waals surface area contributed by atoms with E-state index in [-0.39, 0.29) is 12.2 Å². The van der Waals surface area contributed by atoms with Gasteiger partial charge in [-0.15, -0.1) is 0 Å². The van der Waals surface area contributed by atoms with E-state index >= 15 is 0 Å². The number of H-pyrrole nitrogens is 1. The van der Waals surface area contributed by atoms with Crippen molar-refractivity contribution in [1.29, 1.82) is 0 Å². The molecule has 4 N–H and O–H groups in total. The van der Waals surface area contributed by atoms with E-state index in [4.69, 9.17) is 14.6 Å². The zero-order valence-corrected chi connectivity index (χ0v) is 24.2. The average Bonchev–Trinajstić information content (AvgIpc) is 3.33. The minimum Gasteiger partial charge on any atom is -0.490 e. The third kappa shape index (κ3) is 6.75. The van der Waals surface area contributed by atoms with Gasteiger partial charge < -0.3 is 30.0 Å². The van der Waals surface area contributed by atoms with Gasteiger partial charge >= 0.3 is 5.97 Å². The van der Waals surface area contributed by atoms with Gasteiger partial charge in [0.05, 0.1) is 14.7 Å². The van der Waals surface area contributed by atoms with E-state index in [1.165, 1.54) is 11.6 Å². The first-order valence-corrected chi connectivity index (χ1v) is 14.3. The summed E-state index contributed by atoms with van der Waals surface area (Å²) in [7, 11) is 0. The van der Waals surface area contributed by atoms with Gasteiger partial charge in [-0.1, -0.05) is 43.3 Å². The summed E-state index contributed by atoms with van der Waals surface area (Å²) >= 11 is 2.08. The Labute approximate surface area is 246 Å². The molecule has 7 nitrogen and oxygen atoms in total. The van der Waals surface area contributed by atoms with Crippen molar-refractivity contribution in [3.05, 3.63) is 99.6 Å². The van der Waals surface area contributed by atoms with E-state index in [1.807, 2.05) is 60.7 Å². The molecule has 0 amide bonds. The molecule has 4 aromatic carbocycles. The molecule has 2 unspecified atom stereocenters. The van der Waals surface area contributed by atoms with E-state index in [0.717, 1.165) is 44.1 Å². The molecule has 1 heterocycles. The lowest BCUT2D eigenvalue weighted by Crippen LogP contribution is -2.34. The molecule has 0 aliphatic heterocycles. The molecule has 0 saturated carbocycles. The van der Waals surface area contributed by atoms with Crippen molar-refractivity contribution in [2.45, 2.75) is 19.4 Å². The molecular weight excluding hydrogens is 619 g/mol. The van der Waals surface area contributed by atoms with E-state index in [9.17, 15) is 9.90 Å². The average molecular weight is 651 g/mol. The first-order chi connectivity index (χ1) is 19.4. The SMILES string of the molecule is CC(CNCC(O)COc1cccc2[nH]c3ccccc3c12)Cc1ccc(Oc2ccc(C(=O)O)cc2I)cc1. The number of benzene rings is 4. The normalized spacial score (nSPS) is 12.9. The fourth-order valence-corrected chi connectivity index (χ4v) is 5.37. The van der Waals surface area contributed by atoms with E-state index < -0.39 is 12.1 Å². The quantitative estimate of drug-likeness (QED) is 0.113. The van der Waals surface area contributed by atoms with Gasteiger partial charge in [-0.05, 0) is 95.6 Å². The molecule has 0 aliphatic rings. The summed E-state index contributed by atoms with van der Waals surface area (Å²) < 4.78 is 12.7. The number of aromatic amines is 1. The second-order valence-electron chi connectivity index (χ2n) is 9.98. The highest BCUT2D eigenvalue weighted by Crippen LogP contribution is 2.33. The number of aliphatic hydroxyl groups is 1. The van der Waals surface area contributed by atoms with Gasteiger partial charge in [0, 0.05) is 22.8 Å². The fourth-order valence-electron chi connectivity index (χ4n) is 4.74. The molecule has 1 aromatic heterocycles. The van der Waals surface area contributed by atoms with Crippen LogP contribution in [0, 0.1) is 9.49 Å². The lowest BCUT2D eigenvalue weighted by atomic mass is 10.0. The van der Waals surface area contributed by atoms with Crippen molar-refractivity contribution in [2.24, 2.45) is 5.92 Å². The number of nitrogens with one attached hydrogen (secondary N) is 2. The number of hydrogen-bond acceptors (Lipinski definition) is 5. The highest BCUT2D eigenvalue weighted by molar-refractivity contribution is 14.1. The van der Waals surface area contributed by atoms with Crippen LogP contribution in [0.2, 0.25) is 0 Å². The number of carbonyl (C=O) groups is 1. The number of ether oxygens (including phenoxy) is 2. The summed E-state index contributed by atoms with van der Waals surface area (Å²) in [4.78, 5) is 14.5. The van der Waals surface area contributed by atoms with Crippen LogP contribution in [0.3, 0.4) is 0 Å². The number of hydrogen-bond donors (Lipinski definition) is 4. The van der Waals surface area contributed by atoms with E-state index in [0.29, 0.717) is 24.0 Å². The maximum absolute atomic E-state index is 11.1. The molecule has 40 heavy (non-hydrogen) atoms. The Morgan fingerprint density at radius 3 is 2.50 bits per heavy atom. The van der Waals surface area contributed by atoms with Crippen LogP contribution in [0.1, 0.15) is 22.8 Å². The van der Waals surface area contributed by atoms with Crippen molar-refractivity contribution in [3.63, 3.8) is 0 Å². The number of aromatic carboxylic acids is 1. The zero-order chi connectivity index (χ0) is 28.1. The first-order valence-electron chi connectivity index (χ1n) is 13.2. The number of aliphatic hydroxyl groups excluding tert-OH is 1. The standard InChI is InChI=1S/C32H31IN2O5/c1-20(15-21-9-12-24(13-10-21)40-29-14-11-22(32(37)38)16-26(29)33)17-34-18-23(36)19-39-30-8-4-7-28-31(30)25-5-2-3-6-27(25)35-28/h2-14,16,20,23,34-36H,15,17-19H2,1H3,(H,37,38). The van der Waals surface area contributed by atoms with Crippen molar-refractivity contribution in [3.8, 4) is 17.2 Å². The molecule has 2 atom stereocenters. The molecule has 0 saturated heterocycles. The summed E-state index contributed by atoms with van der Waals surface area (Å²) in [6.07, 6.45) is 0.254. The summed E-state index contributed by atoms with van der Waals surface area (Å²) in [6, 6.07) is 26.8. The summed E-state index contributed by atoms with van der Waals surface area (Å²) in [5, 5.41) is 25.2. The molecule has 0 fully saturated rings. The Morgan fingerprint density at radius 1 is 0.950 bits per heavy atom. The summed E-state index contributed by atoms with van der Waals surface area (Å²) in [5.74, 6) is 1.49. The smallest absolute Gasteiger partial charge is 0.335 e. The molecule has 0 aliphatic carbocycles. The fraction of sp³-hybridized carbons (Fsp3) is 0.219. The topological polar surface area (TPSA) is 104 Å². The number of para-hydroxylation sites is 1. The zero-order valence-electron chi connectivity index (χ0n) is 22.1. The largest absolute Gasteiger partial charge is 0.490 e. The minimum absolute atomic E-state index is 0.208. The monoisotopic (exact) mass is 650 g/mol. The molecule has 5 rings (SSSR count). The Hall–Kier alpha value is -3.60. The van der Waals surface area contributed by atoms with Crippen molar-refractivity contribution < 1.29 is 24.5 Å². The highest BCUT2D eigenvalue weighted by Gasteiger charge is 2.13. The number of halogens is 1. The van der Waals surface area contributed by atoms with Crippen molar-refractivity contribution in [2.75, 3.05) is 19.7 Å². The van der Waals surface area contributed by atoms with Crippen molar-refractivity contribution >= 4 is 50.4 Å². The number of fused-ring (bicyclic) bond motifs is 3. The Balaban J connectivity index is 1.07. The predicted octanol–water partition coefficient (Wildman–Crippen LogP) is 6.62.